The standard InChI is InChI=1S/C28H36N2O5/c1-18(2)13-20(14-26(31)30(19(3)4)16-27(32)33)15-29-28(34)35-17-25-23-11-7-5-9-21(23)22-10-6-8-12-24(22)25/h5-12,18-20,25H,13-17H2,1-4H3,(H,29,34)(H,32,33). The molecule has 7 heteroatoms. The molecule has 2 amide bonds. The zero-order chi connectivity index (χ0) is 25.5. The Balaban J connectivity index is 1.58. The summed E-state index contributed by atoms with van der Waals surface area (Å²) in [5.74, 6) is -1.06. The fraction of sp³-hybridized carbons (Fsp3) is 0.464. The smallest absolute Gasteiger partial charge is 0.407 e. The summed E-state index contributed by atoms with van der Waals surface area (Å²) in [6.07, 6.45) is 0.390. The van der Waals surface area contributed by atoms with E-state index in [2.05, 4.69) is 43.4 Å². The van der Waals surface area contributed by atoms with Gasteiger partial charge in [-0.15, -0.1) is 0 Å². The number of benzene rings is 2. The minimum Gasteiger partial charge on any atom is -0.480 e. The first kappa shape index (κ1) is 26.3. The van der Waals surface area contributed by atoms with Crippen LogP contribution in [0.1, 0.15) is 57.6 Å². The van der Waals surface area contributed by atoms with Gasteiger partial charge in [-0.25, -0.2) is 4.79 Å². The van der Waals surface area contributed by atoms with Crippen molar-refractivity contribution in [2.75, 3.05) is 19.7 Å². The van der Waals surface area contributed by atoms with Gasteiger partial charge in [0.25, 0.3) is 0 Å². The van der Waals surface area contributed by atoms with E-state index in [9.17, 15) is 14.4 Å². The van der Waals surface area contributed by atoms with Crippen LogP contribution in [0.4, 0.5) is 4.79 Å². The largest absolute Gasteiger partial charge is 0.480 e. The minimum absolute atomic E-state index is 0.0168. The number of nitrogens with zero attached hydrogens (tertiary/aromatic N) is 1. The monoisotopic (exact) mass is 480 g/mol. The van der Waals surface area contributed by atoms with Crippen LogP contribution in [0.3, 0.4) is 0 Å². The SMILES string of the molecule is CC(C)CC(CNC(=O)OCC1c2ccccc2-c2ccccc21)CC(=O)N(CC(=O)O)C(C)C. The first-order valence-electron chi connectivity index (χ1n) is 12.3. The normalized spacial score (nSPS) is 13.3. The van der Waals surface area contributed by atoms with Crippen LogP contribution in [0.2, 0.25) is 0 Å². The summed E-state index contributed by atoms with van der Waals surface area (Å²) >= 11 is 0. The van der Waals surface area contributed by atoms with Gasteiger partial charge in [0, 0.05) is 24.9 Å². The average molecular weight is 481 g/mol. The number of carbonyl (C=O) groups excluding carboxylic acids is 2. The highest BCUT2D eigenvalue weighted by Crippen LogP contribution is 2.44. The second kappa shape index (κ2) is 11.9. The molecule has 1 aliphatic carbocycles. The molecule has 1 aliphatic rings. The molecule has 2 N–H and O–H groups in total. The van der Waals surface area contributed by atoms with Crippen LogP contribution in [0.15, 0.2) is 48.5 Å². The van der Waals surface area contributed by atoms with Gasteiger partial charge in [-0.05, 0) is 54.4 Å². The number of carboxylic acid groups (broad SMARTS) is 1. The Bertz CT molecular complexity index is 1000. The molecule has 3 rings (SSSR count). The predicted octanol–water partition coefficient (Wildman–Crippen LogP) is 4.90. The fourth-order valence-corrected chi connectivity index (χ4v) is 4.85. The predicted molar refractivity (Wildman–Crippen MR) is 135 cm³/mol. The van der Waals surface area contributed by atoms with Crippen LogP contribution in [-0.2, 0) is 14.3 Å². The number of nitrogens with one attached hydrogen (secondary N) is 1. The minimum atomic E-state index is -1.04. The second-order valence-corrected chi connectivity index (χ2v) is 9.92. The fourth-order valence-electron chi connectivity index (χ4n) is 4.85. The summed E-state index contributed by atoms with van der Waals surface area (Å²) in [6, 6.07) is 16.1. The number of amides is 2. The molecule has 0 saturated carbocycles. The first-order chi connectivity index (χ1) is 16.7. The highest BCUT2D eigenvalue weighted by atomic mass is 16.5. The Morgan fingerprint density at radius 3 is 2.06 bits per heavy atom. The van der Waals surface area contributed by atoms with Crippen molar-refractivity contribution in [2.45, 2.75) is 52.5 Å². The third-order valence-electron chi connectivity index (χ3n) is 6.40. The van der Waals surface area contributed by atoms with Crippen molar-refractivity contribution in [1.82, 2.24) is 10.2 Å². The van der Waals surface area contributed by atoms with Crippen LogP contribution in [0.5, 0.6) is 0 Å². The van der Waals surface area contributed by atoms with Crippen LogP contribution in [-0.4, -0.2) is 53.7 Å². The molecule has 0 aliphatic heterocycles. The molecule has 35 heavy (non-hydrogen) atoms. The van der Waals surface area contributed by atoms with Gasteiger partial charge in [0.2, 0.25) is 5.91 Å². The van der Waals surface area contributed by atoms with Crippen molar-refractivity contribution in [2.24, 2.45) is 11.8 Å². The highest BCUT2D eigenvalue weighted by molar-refractivity contribution is 5.82. The summed E-state index contributed by atoms with van der Waals surface area (Å²) in [4.78, 5) is 37.9. The molecule has 2 aromatic carbocycles. The molecule has 0 spiro atoms. The molecular weight excluding hydrogens is 444 g/mol. The van der Waals surface area contributed by atoms with Gasteiger partial charge in [0.15, 0.2) is 0 Å². The number of ether oxygens (including phenoxy) is 1. The molecule has 0 radical (unpaired) electrons. The summed E-state index contributed by atoms with van der Waals surface area (Å²) in [5, 5.41) is 12.0. The van der Waals surface area contributed by atoms with Gasteiger partial charge in [-0.1, -0.05) is 62.4 Å². The van der Waals surface area contributed by atoms with Gasteiger partial charge in [-0.2, -0.15) is 0 Å². The lowest BCUT2D eigenvalue weighted by Crippen LogP contribution is -2.42. The van der Waals surface area contributed by atoms with Crippen molar-refractivity contribution in [3.05, 3.63) is 59.7 Å². The van der Waals surface area contributed by atoms with E-state index in [1.165, 1.54) is 16.0 Å². The Kier molecular flexibility index (Phi) is 8.90. The number of hydrogen-bond acceptors (Lipinski definition) is 4. The van der Waals surface area contributed by atoms with E-state index < -0.39 is 12.1 Å². The molecule has 0 saturated heterocycles. The topological polar surface area (TPSA) is 95.9 Å². The Morgan fingerprint density at radius 2 is 1.54 bits per heavy atom. The second-order valence-electron chi connectivity index (χ2n) is 9.92. The van der Waals surface area contributed by atoms with Gasteiger partial charge in [0.1, 0.15) is 13.2 Å². The van der Waals surface area contributed by atoms with Crippen LogP contribution in [0, 0.1) is 11.8 Å². The molecule has 0 heterocycles. The zero-order valence-electron chi connectivity index (χ0n) is 21.0. The Morgan fingerprint density at radius 1 is 0.971 bits per heavy atom. The molecule has 7 nitrogen and oxygen atoms in total. The number of fused-ring (bicyclic) bond motifs is 3. The van der Waals surface area contributed by atoms with Gasteiger partial charge < -0.3 is 20.1 Å². The molecule has 1 atom stereocenters. The van der Waals surface area contributed by atoms with Crippen LogP contribution >= 0.6 is 0 Å². The maximum atomic E-state index is 12.8. The van der Waals surface area contributed by atoms with Crippen molar-refractivity contribution >= 4 is 18.0 Å². The number of alkyl carbamates (subject to hydrolysis) is 1. The maximum absolute atomic E-state index is 12.8. The molecule has 1 unspecified atom stereocenters. The van der Waals surface area contributed by atoms with E-state index in [4.69, 9.17) is 9.84 Å². The van der Waals surface area contributed by atoms with E-state index >= 15 is 0 Å². The number of carbonyl (C=O) groups is 3. The van der Waals surface area contributed by atoms with Crippen molar-refractivity contribution in [1.29, 1.82) is 0 Å². The molecule has 188 valence electrons. The summed E-state index contributed by atoms with van der Waals surface area (Å²) < 4.78 is 5.62. The average Bonchev–Trinajstić information content (AvgIpc) is 3.12. The molecule has 2 aromatic rings. The number of hydrogen-bond donors (Lipinski definition) is 2. The van der Waals surface area contributed by atoms with Gasteiger partial charge in [-0.3, -0.25) is 9.59 Å². The zero-order valence-corrected chi connectivity index (χ0v) is 21.0. The maximum Gasteiger partial charge on any atom is 0.407 e. The highest BCUT2D eigenvalue weighted by Gasteiger charge is 2.29. The lowest BCUT2D eigenvalue weighted by atomic mass is 9.93. The Hall–Kier alpha value is -3.35. The molecule has 0 bridgehead atoms. The van der Waals surface area contributed by atoms with E-state index in [0.29, 0.717) is 12.5 Å². The summed E-state index contributed by atoms with van der Waals surface area (Å²) in [6.45, 7) is 7.91. The molecule has 0 aromatic heterocycles. The molecular formula is C28H36N2O5. The quantitative estimate of drug-likeness (QED) is 0.477. The van der Waals surface area contributed by atoms with Gasteiger partial charge in [0.05, 0.1) is 0 Å². The molecule has 0 fully saturated rings. The van der Waals surface area contributed by atoms with Crippen molar-refractivity contribution in [3.63, 3.8) is 0 Å². The van der Waals surface area contributed by atoms with Crippen LogP contribution in [0.25, 0.3) is 11.1 Å². The third-order valence-corrected chi connectivity index (χ3v) is 6.40. The Labute approximate surface area is 207 Å². The lowest BCUT2D eigenvalue weighted by molar-refractivity contribution is -0.146. The third kappa shape index (κ3) is 6.84. The first-order valence-corrected chi connectivity index (χ1v) is 12.3. The van der Waals surface area contributed by atoms with E-state index in [-0.39, 0.29) is 43.4 Å². The number of rotatable bonds is 11. The number of aliphatic carboxylic acids is 1. The van der Waals surface area contributed by atoms with Crippen molar-refractivity contribution in [3.8, 4) is 11.1 Å². The van der Waals surface area contributed by atoms with Crippen molar-refractivity contribution < 1.29 is 24.2 Å². The van der Waals surface area contributed by atoms with E-state index in [1.54, 1.807) is 13.8 Å². The summed E-state index contributed by atoms with van der Waals surface area (Å²) in [5.41, 5.74) is 4.64. The van der Waals surface area contributed by atoms with Gasteiger partial charge >= 0.3 is 12.1 Å². The van der Waals surface area contributed by atoms with E-state index in [0.717, 1.165) is 17.5 Å². The lowest BCUT2D eigenvalue weighted by Gasteiger charge is -2.28. The van der Waals surface area contributed by atoms with Crippen LogP contribution < -0.4 is 5.32 Å². The summed E-state index contributed by atoms with van der Waals surface area (Å²) in [7, 11) is 0. The van der Waals surface area contributed by atoms with E-state index in [1.807, 2.05) is 24.3 Å². The number of carboxylic acids is 1.